The normalized spacial score (nSPS) is 19.4. The van der Waals surface area contributed by atoms with Crippen LogP contribution in [0, 0.1) is 0 Å². The Morgan fingerprint density at radius 3 is 2.75 bits per heavy atom. The van der Waals surface area contributed by atoms with E-state index in [1.807, 2.05) is 19.1 Å². The Morgan fingerprint density at radius 1 is 1.29 bits per heavy atom. The van der Waals surface area contributed by atoms with Crippen molar-refractivity contribution in [2.45, 2.75) is 32.3 Å². The molecule has 124 valence electrons. The summed E-state index contributed by atoms with van der Waals surface area (Å²) < 4.78 is 5.45. The van der Waals surface area contributed by atoms with E-state index in [4.69, 9.17) is 16.3 Å². The second kappa shape index (κ2) is 6.29. The molecular formula is C19H18ClNO3. The lowest BCUT2D eigenvalue weighted by Crippen LogP contribution is -2.49. The highest BCUT2D eigenvalue weighted by molar-refractivity contribution is 6.33. The molecule has 4 nitrogen and oxygen atoms in total. The van der Waals surface area contributed by atoms with Gasteiger partial charge in [-0.2, -0.15) is 0 Å². The van der Waals surface area contributed by atoms with Gasteiger partial charge in [-0.3, -0.25) is 4.79 Å². The molecule has 0 saturated carbocycles. The van der Waals surface area contributed by atoms with E-state index in [2.05, 4.69) is 5.32 Å². The van der Waals surface area contributed by atoms with Crippen molar-refractivity contribution in [3.63, 3.8) is 0 Å². The van der Waals surface area contributed by atoms with Gasteiger partial charge in [0.2, 0.25) is 0 Å². The van der Waals surface area contributed by atoms with Gasteiger partial charge in [0.05, 0.1) is 16.3 Å². The summed E-state index contributed by atoms with van der Waals surface area (Å²) in [6.07, 6.45) is 1.20. The van der Waals surface area contributed by atoms with Crippen LogP contribution in [0.1, 0.15) is 35.3 Å². The van der Waals surface area contributed by atoms with E-state index in [0.717, 1.165) is 17.5 Å². The third kappa shape index (κ3) is 3.02. The first-order valence-corrected chi connectivity index (χ1v) is 8.22. The molecular weight excluding hydrogens is 326 g/mol. The van der Waals surface area contributed by atoms with Crippen LogP contribution in [0.25, 0.3) is 0 Å². The number of carbonyl (C=O) groups is 2. The average molecular weight is 344 g/mol. The van der Waals surface area contributed by atoms with Gasteiger partial charge in [0, 0.05) is 6.42 Å². The summed E-state index contributed by atoms with van der Waals surface area (Å²) in [5, 5.41) is 3.19. The van der Waals surface area contributed by atoms with Crippen LogP contribution in [-0.2, 0) is 22.4 Å². The highest BCUT2D eigenvalue weighted by atomic mass is 35.5. The maximum Gasteiger partial charge on any atom is 0.339 e. The summed E-state index contributed by atoms with van der Waals surface area (Å²) in [6.45, 7) is 3.67. The maximum atomic E-state index is 12.7. The van der Waals surface area contributed by atoms with Gasteiger partial charge >= 0.3 is 5.97 Å². The number of aryl methyl sites for hydroxylation is 1. The Labute approximate surface area is 145 Å². The lowest BCUT2D eigenvalue weighted by molar-refractivity contribution is -0.134. The minimum Gasteiger partial charge on any atom is -0.445 e. The fraction of sp³-hybridized carbons (Fsp3) is 0.263. The number of ether oxygens (including phenoxy) is 1. The fourth-order valence-electron chi connectivity index (χ4n) is 2.82. The molecule has 24 heavy (non-hydrogen) atoms. The third-order valence-electron chi connectivity index (χ3n) is 4.25. The predicted molar refractivity (Wildman–Crippen MR) is 93.4 cm³/mol. The van der Waals surface area contributed by atoms with E-state index < -0.39 is 17.5 Å². The van der Waals surface area contributed by atoms with Crippen LogP contribution in [0.15, 0.2) is 42.5 Å². The summed E-state index contributed by atoms with van der Waals surface area (Å²) >= 11 is 6.08. The SMILES string of the molecule is CCc1ccc2c(c1)CC(C)(C(=O)Nc1ccccc1Cl)OC2=O. The lowest BCUT2D eigenvalue weighted by atomic mass is 9.88. The number of benzene rings is 2. The van der Waals surface area contributed by atoms with Crippen LogP contribution < -0.4 is 5.32 Å². The number of hydrogen-bond acceptors (Lipinski definition) is 3. The van der Waals surface area contributed by atoms with E-state index in [9.17, 15) is 9.59 Å². The fourth-order valence-corrected chi connectivity index (χ4v) is 3.00. The van der Waals surface area contributed by atoms with Crippen molar-refractivity contribution in [3.8, 4) is 0 Å². The number of esters is 1. The molecule has 0 spiro atoms. The van der Waals surface area contributed by atoms with E-state index >= 15 is 0 Å². The second-order valence-electron chi connectivity index (χ2n) is 6.08. The Kier molecular flexibility index (Phi) is 4.33. The zero-order valence-corrected chi connectivity index (χ0v) is 14.3. The van der Waals surface area contributed by atoms with E-state index in [1.165, 1.54) is 0 Å². The number of nitrogens with one attached hydrogen (secondary N) is 1. The van der Waals surface area contributed by atoms with Gasteiger partial charge in [-0.05, 0) is 42.7 Å². The van der Waals surface area contributed by atoms with Crippen LogP contribution in [0.2, 0.25) is 5.02 Å². The number of fused-ring (bicyclic) bond motifs is 1. The number of hydrogen-bond donors (Lipinski definition) is 1. The van der Waals surface area contributed by atoms with E-state index in [0.29, 0.717) is 22.7 Å². The van der Waals surface area contributed by atoms with Crippen molar-refractivity contribution in [1.29, 1.82) is 0 Å². The van der Waals surface area contributed by atoms with Crippen molar-refractivity contribution in [2.24, 2.45) is 0 Å². The number of carbonyl (C=O) groups excluding carboxylic acids is 2. The molecule has 2 aromatic carbocycles. The van der Waals surface area contributed by atoms with Gasteiger partial charge in [0.1, 0.15) is 0 Å². The Hall–Kier alpha value is -2.33. The number of rotatable bonds is 3. The van der Waals surface area contributed by atoms with Gasteiger partial charge in [-0.15, -0.1) is 0 Å². The molecule has 3 rings (SSSR count). The monoisotopic (exact) mass is 343 g/mol. The minimum absolute atomic E-state index is 0.332. The van der Waals surface area contributed by atoms with Crippen molar-refractivity contribution < 1.29 is 14.3 Å². The minimum atomic E-state index is -1.27. The first kappa shape index (κ1) is 16.5. The predicted octanol–water partition coefficient (Wildman–Crippen LogP) is 4.01. The molecule has 0 saturated heterocycles. The molecule has 1 N–H and O–H groups in total. The third-order valence-corrected chi connectivity index (χ3v) is 4.58. The van der Waals surface area contributed by atoms with Gasteiger partial charge in [0.15, 0.2) is 5.60 Å². The highest BCUT2D eigenvalue weighted by Crippen LogP contribution is 2.31. The molecule has 1 aliphatic rings. The topological polar surface area (TPSA) is 55.4 Å². The second-order valence-corrected chi connectivity index (χ2v) is 6.48. The average Bonchev–Trinajstić information content (AvgIpc) is 2.56. The summed E-state index contributed by atoms with van der Waals surface area (Å²) in [6, 6.07) is 12.6. The quantitative estimate of drug-likeness (QED) is 0.856. The van der Waals surface area contributed by atoms with Crippen molar-refractivity contribution in [3.05, 3.63) is 64.2 Å². The summed E-state index contributed by atoms with van der Waals surface area (Å²) in [5.74, 6) is -0.868. The van der Waals surface area contributed by atoms with Gasteiger partial charge in [-0.1, -0.05) is 42.8 Å². The van der Waals surface area contributed by atoms with Gasteiger partial charge in [0.25, 0.3) is 5.91 Å². The van der Waals surface area contributed by atoms with Gasteiger partial charge < -0.3 is 10.1 Å². The standard InChI is InChI=1S/C19H18ClNO3/c1-3-12-8-9-14-13(10-12)11-19(2,24-17(14)22)18(23)21-16-7-5-4-6-15(16)20/h4-10H,3,11H2,1-2H3,(H,21,23). The summed E-state index contributed by atoms with van der Waals surface area (Å²) in [7, 11) is 0. The molecule has 2 aromatic rings. The van der Waals surface area contributed by atoms with Gasteiger partial charge in [-0.25, -0.2) is 4.79 Å². The number of para-hydroxylation sites is 1. The van der Waals surface area contributed by atoms with Crippen LogP contribution in [-0.4, -0.2) is 17.5 Å². The molecule has 1 amide bonds. The Balaban J connectivity index is 1.89. The maximum absolute atomic E-state index is 12.7. The Bertz CT molecular complexity index is 818. The molecule has 0 aromatic heterocycles. The van der Waals surface area contributed by atoms with E-state index in [1.54, 1.807) is 37.3 Å². The molecule has 0 fully saturated rings. The van der Waals surface area contributed by atoms with Crippen LogP contribution in [0.4, 0.5) is 5.69 Å². The molecule has 0 aliphatic carbocycles. The van der Waals surface area contributed by atoms with Crippen LogP contribution in [0.3, 0.4) is 0 Å². The molecule has 1 atom stereocenters. The smallest absolute Gasteiger partial charge is 0.339 e. The number of halogens is 1. The number of anilines is 1. The largest absolute Gasteiger partial charge is 0.445 e. The number of amides is 1. The van der Waals surface area contributed by atoms with Crippen molar-refractivity contribution in [1.82, 2.24) is 0 Å². The zero-order chi connectivity index (χ0) is 17.3. The summed E-state index contributed by atoms with van der Waals surface area (Å²) in [4.78, 5) is 25.0. The first-order valence-electron chi connectivity index (χ1n) is 7.84. The molecule has 1 aliphatic heterocycles. The lowest BCUT2D eigenvalue weighted by Gasteiger charge is -2.33. The van der Waals surface area contributed by atoms with Crippen LogP contribution >= 0.6 is 11.6 Å². The zero-order valence-electron chi connectivity index (χ0n) is 13.6. The molecule has 0 radical (unpaired) electrons. The van der Waals surface area contributed by atoms with Crippen molar-refractivity contribution in [2.75, 3.05) is 5.32 Å². The van der Waals surface area contributed by atoms with E-state index in [-0.39, 0.29) is 0 Å². The highest BCUT2D eigenvalue weighted by Gasteiger charge is 2.42. The molecule has 0 bridgehead atoms. The molecule has 1 unspecified atom stereocenters. The Morgan fingerprint density at radius 2 is 2.04 bits per heavy atom. The van der Waals surface area contributed by atoms with Crippen molar-refractivity contribution >= 4 is 29.2 Å². The first-order chi connectivity index (χ1) is 11.4. The summed E-state index contributed by atoms with van der Waals surface area (Å²) in [5.41, 5.74) is 1.71. The molecule has 5 heteroatoms. The van der Waals surface area contributed by atoms with Crippen LogP contribution in [0.5, 0.6) is 0 Å². The molecule has 1 heterocycles. The number of cyclic esters (lactones) is 1.